The third-order valence-electron chi connectivity index (χ3n) is 4.88. The molecule has 1 atom stereocenters. The van der Waals surface area contributed by atoms with Crippen molar-refractivity contribution in [2.45, 2.75) is 30.6 Å². The first-order valence-electron chi connectivity index (χ1n) is 8.99. The zero-order valence-electron chi connectivity index (χ0n) is 15.6. The molecule has 0 saturated carbocycles. The molecular formula is C19H25N3O3S2. The van der Waals surface area contributed by atoms with Gasteiger partial charge in [0.05, 0.1) is 6.04 Å². The summed E-state index contributed by atoms with van der Waals surface area (Å²) in [6.45, 7) is 6.28. The number of rotatable bonds is 6. The van der Waals surface area contributed by atoms with Gasteiger partial charge in [-0.3, -0.25) is 9.69 Å². The highest BCUT2D eigenvalue weighted by Crippen LogP contribution is 2.22. The topological polar surface area (TPSA) is 69.7 Å². The molecule has 1 amide bonds. The van der Waals surface area contributed by atoms with Crippen LogP contribution in [0.25, 0.3) is 0 Å². The predicted molar refractivity (Wildman–Crippen MR) is 107 cm³/mol. The number of carbonyl (C=O) groups is 1. The molecule has 1 aliphatic rings. The molecule has 1 unspecified atom stereocenters. The first-order valence-corrected chi connectivity index (χ1v) is 11.3. The number of carbonyl (C=O) groups excluding carboxylic acids is 1. The van der Waals surface area contributed by atoms with Gasteiger partial charge in [-0.2, -0.15) is 4.31 Å². The van der Waals surface area contributed by atoms with Crippen LogP contribution in [0.5, 0.6) is 0 Å². The molecule has 1 aliphatic heterocycles. The largest absolute Gasteiger partial charge is 0.351 e. The lowest BCUT2D eigenvalue weighted by molar-refractivity contribution is -0.126. The molecule has 0 bridgehead atoms. The maximum Gasteiger partial charge on any atom is 0.252 e. The fraction of sp³-hybridized carbons (Fsp3) is 0.421. The lowest BCUT2D eigenvalue weighted by atomic mass is 10.1. The van der Waals surface area contributed by atoms with E-state index in [0.717, 1.165) is 5.56 Å². The van der Waals surface area contributed by atoms with Gasteiger partial charge in [-0.15, -0.1) is 11.3 Å². The second-order valence-corrected chi connectivity index (χ2v) is 9.86. The zero-order valence-corrected chi connectivity index (χ0v) is 17.2. The molecule has 1 saturated heterocycles. The summed E-state index contributed by atoms with van der Waals surface area (Å²) < 4.78 is 27.0. The molecular weight excluding hydrogens is 382 g/mol. The highest BCUT2D eigenvalue weighted by atomic mass is 32.2. The minimum Gasteiger partial charge on any atom is -0.351 e. The maximum atomic E-state index is 12.6. The van der Waals surface area contributed by atoms with E-state index in [9.17, 15) is 13.2 Å². The Hall–Kier alpha value is -1.74. The average Bonchev–Trinajstić information content (AvgIpc) is 3.22. The Labute approximate surface area is 164 Å². The zero-order chi connectivity index (χ0) is 19.4. The third kappa shape index (κ3) is 4.76. The smallest absolute Gasteiger partial charge is 0.252 e. The van der Waals surface area contributed by atoms with Crippen LogP contribution in [-0.2, 0) is 21.4 Å². The predicted octanol–water partition coefficient (Wildman–Crippen LogP) is 2.07. The molecule has 3 rings (SSSR count). The van der Waals surface area contributed by atoms with E-state index in [2.05, 4.69) is 5.32 Å². The Bertz CT molecular complexity index is 856. The summed E-state index contributed by atoms with van der Waals surface area (Å²) in [4.78, 5) is 14.5. The van der Waals surface area contributed by atoms with Crippen molar-refractivity contribution in [2.24, 2.45) is 0 Å². The van der Waals surface area contributed by atoms with E-state index in [1.807, 2.05) is 43.0 Å². The fourth-order valence-corrected chi connectivity index (χ4v) is 5.64. The van der Waals surface area contributed by atoms with Crippen molar-refractivity contribution in [3.05, 3.63) is 52.9 Å². The summed E-state index contributed by atoms with van der Waals surface area (Å²) in [5, 5.41) is 4.74. The van der Waals surface area contributed by atoms with Crippen LogP contribution in [-0.4, -0.2) is 55.8 Å². The van der Waals surface area contributed by atoms with Gasteiger partial charge in [0.1, 0.15) is 4.21 Å². The Kier molecular flexibility index (Phi) is 6.31. The van der Waals surface area contributed by atoms with E-state index in [1.165, 1.54) is 21.2 Å². The van der Waals surface area contributed by atoms with Crippen molar-refractivity contribution < 1.29 is 13.2 Å². The van der Waals surface area contributed by atoms with Crippen LogP contribution >= 0.6 is 11.3 Å². The van der Waals surface area contributed by atoms with Crippen LogP contribution in [0, 0.1) is 6.92 Å². The highest BCUT2D eigenvalue weighted by molar-refractivity contribution is 7.91. The molecule has 1 fully saturated rings. The van der Waals surface area contributed by atoms with Gasteiger partial charge < -0.3 is 5.32 Å². The Morgan fingerprint density at radius 2 is 1.81 bits per heavy atom. The molecule has 2 aromatic rings. The molecule has 1 N–H and O–H groups in total. The van der Waals surface area contributed by atoms with E-state index in [0.29, 0.717) is 36.9 Å². The van der Waals surface area contributed by atoms with Gasteiger partial charge in [0.25, 0.3) is 10.0 Å². The molecule has 6 nitrogen and oxygen atoms in total. The van der Waals surface area contributed by atoms with Gasteiger partial charge in [-0.25, -0.2) is 8.42 Å². The van der Waals surface area contributed by atoms with Crippen LogP contribution in [0.3, 0.4) is 0 Å². The van der Waals surface area contributed by atoms with Crippen molar-refractivity contribution in [2.75, 3.05) is 26.2 Å². The van der Waals surface area contributed by atoms with E-state index < -0.39 is 10.0 Å². The first-order chi connectivity index (χ1) is 12.9. The minimum atomic E-state index is -3.41. The Balaban J connectivity index is 1.51. The summed E-state index contributed by atoms with van der Waals surface area (Å²) >= 11 is 1.23. The minimum absolute atomic E-state index is 0.0369. The van der Waals surface area contributed by atoms with Crippen LogP contribution in [0.15, 0.2) is 46.0 Å². The van der Waals surface area contributed by atoms with E-state index >= 15 is 0 Å². The van der Waals surface area contributed by atoms with Crippen molar-refractivity contribution in [3.8, 4) is 0 Å². The maximum absolute atomic E-state index is 12.6. The molecule has 146 valence electrons. The lowest BCUT2D eigenvalue weighted by Gasteiger charge is -2.36. The number of piperazine rings is 1. The summed E-state index contributed by atoms with van der Waals surface area (Å²) in [7, 11) is -3.41. The SMILES string of the molecule is Cc1ccc(CNC(=O)C(C)N2CCN(S(=O)(=O)c3cccs3)CC2)cc1. The Morgan fingerprint density at radius 3 is 2.41 bits per heavy atom. The van der Waals surface area contributed by atoms with Crippen molar-refractivity contribution in [1.29, 1.82) is 0 Å². The van der Waals surface area contributed by atoms with E-state index in [1.54, 1.807) is 17.5 Å². The van der Waals surface area contributed by atoms with Crippen LogP contribution in [0.1, 0.15) is 18.1 Å². The average molecular weight is 408 g/mol. The van der Waals surface area contributed by atoms with E-state index in [4.69, 9.17) is 0 Å². The van der Waals surface area contributed by atoms with Gasteiger partial charge in [-0.1, -0.05) is 35.9 Å². The summed E-state index contributed by atoms with van der Waals surface area (Å²) in [5.74, 6) is -0.0369. The Morgan fingerprint density at radius 1 is 1.15 bits per heavy atom. The summed E-state index contributed by atoms with van der Waals surface area (Å²) in [5.41, 5.74) is 2.25. The second kappa shape index (κ2) is 8.52. The molecule has 0 aliphatic carbocycles. The number of hydrogen-bond acceptors (Lipinski definition) is 5. The number of thiophene rings is 1. The number of hydrogen-bond donors (Lipinski definition) is 1. The van der Waals surface area contributed by atoms with Crippen molar-refractivity contribution in [3.63, 3.8) is 0 Å². The van der Waals surface area contributed by atoms with Gasteiger partial charge >= 0.3 is 0 Å². The number of benzene rings is 1. The number of nitrogens with one attached hydrogen (secondary N) is 1. The fourth-order valence-electron chi connectivity index (χ4n) is 3.08. The molecule has 0 radical (unpaired) electrons. The van der Waals surface area contributed by atoms with Gasteiger partial charge in [-0.05, 0) is 30.9 Å². The standard InChI is InChI=1S/C19H25N3O3S2/c1-15-5-7-17(8-6-15)14-20-19(23)16(2)21-9-11-22(12-10-21)27(24,25)18-4-3-13-26-18/h3-8,13,16H,9-12,14H2,1-2H3,(H,20,23). The number of nitrogens with zero attached hydrogens (tertiary/aromatic N) is 2. The molecule has 1 aromatic carbocycles. The number of amides is 1. The summed E-state index contributed by atoms with van der Waals surface area (Å²) in [6.07, 6.45) is 0. The molecule has 2 heterocycles. The highest BCUT2D eigenvalue weighted by Gasteiger charge is 2.32. The molecule has 27 heavy (non-hydrogen) atoms. The lowest BCUT2D eigenvalue weighted by Crippen LogP contribution is -2.54. The molecule has 1 aromatic heterocycles. The third-order valence-corrected chi connectivity index (χ3v) is 8.15. The van der Waals surface area contributed by atoms with E-state index in [-0.39, 0.29) is 11.9 Å². The van der Waals surface area contributed by atoms with Gasteiger partial charge in [0.2, 0.25) is 5.91 Å². The van der Waals surface area contributed by atoms with Crippen molar-refractivity contribution >= 4 is 27.3 Å². The van der Waals surface area contributed by atoms with Crippen molar-refractivity contribution in [1.82, 2.24) is 14.5 Å². The molecule has 0 spiro atoms. The quantitative estimate of drug-likeness (QED) is 0.796. The van der Waals surface area contributed by atoms with Crippen LogP contribution in [0.4, 0.5) is 0 Å². The monoisotopic (exact) mass is 407 g/mol. The summed E-state index contributed by atoms with van der Waals surface area (Å²) in [6, 6.07) is 11.2. The normalized spacial score (nSPS) is 17.6. The molecule has 8 heteroatoms. The van der Waals surface area contributed by atoms with Gasteiger partial charge in [0.15, 0.2) is 0 Å². The number of sulfonamides is 1. The van der Waals surface area contributed by atoms with Crippen LogP contribution in [0.2, 0.25) is 0 Å². The number of aryl methyl sites for hydroxylation is 1. The van der Waals surface area contributed by atoms with Crippen LogP contribution < -0.4 is 5.32 Å². The second-order valence-electron chi connectivity index (χ2n) is 6.75. The first kappa shape index (κ1) is 20.0. The van der Waals surface area contributed by atoms with Gasteiger partial charge in [0, 0.05) is 32.7 Å².